The van der Waals surface area contributed by atoms with Gasteiger partial charge in [0.25, 0.3) is 0 Å². The summed E-state index contributed by atoms with van der Waals surface area (Å²) >= 11 is 0. The number of carbonyl (C=O) groups is 1. The van der Waals surface area contributed by atoms with Crippen LogP contribution in [0, 0.1) is 0 Å². The van der Waals surface area contributed by atoms with Gasteiger partial charge < -0.3 is 23.8 Å². The Kier molecular flexibility index (Phi) is 6.80. The summed E-state index contributed by atoms with van der Waals surface area (Å²) < 4.78 is 21.7. The Morgan fingerprint density at radius 2 is 1.61 bits per heavy atom. The van der Waals surface area contributed by atoms with Crippen LogP contribution in [0.5, 0.6) is 17.2 Å². The van der Waals surface area contributed by atoms with Crippen molar-refractivity contribution < 1.29 is 23.7 Å². The van der Waals surface area contributed by atoms with Crippen LogP contribution in [0.2, 0.25) is 0 Å². The van der Waals surface area contributed by atoms with Crippen molar-refractivity contribution in [2.75, 3.05) is 34.4 Å². The molecular weight excluding hydrogens is 360 g/mol. The summed E-state index contributed by atoms with van der Waals surface area (Å²) in [5.74, 6) is 1.92. The Bertz CT molecular complexity index is 691. The van der Waals surface area contributed by atoms with Gasteiger partial charge in [0.15, 0.2) is 0 Å². The summed E-state index contributed by atoms with van der Waals surface area (Å²) in [6.07, 6.45) is 3.03. The van der Waals surface area contributed by atoms with Crippen molar-refractivity contribution in [3.8, 4) is 17.2 Å². The van der Waals surface area contributed by atoms with Crippen molar-refractivity contribution in [3.05, 3.63) is 17.7 Å². The molecule has 1 aromatic carbocycles. The zero-order valence-corrected chi connectivity index (χ0v) is 18.0. The van der Waals surface area contributed by atoms with Crippen molar-refractivity contribution >= 4 is 12.3 Å². The molecule has 7 heteroatoms. The van der Waals surface area contributed by atoms with Gasteiger partial charge in [0.2, 0.25) is 0 Å². The van der Waals surface area contributed by atoms with Crippen LogP contribution in [0.25, 0.3) is 0 Å². The maximum atomic E-state index is 12.3. The van der Waals surface area contributed by atoms with Crippen LogP contribution in [0.3, 0.4) is 0 Å². The van der Waals surface area contributed by atoms with E-state index < -0.39 is 5.60 Å². The number of piperidine rings is 1. The molecule has 28 heavy (non-hydrogen) atoms. The quantitative estimate of drug-likeness (QED) is 0.711. The molecule has 1 heterocycles. The molecule has 0 aromatic heterocycles. The van der Waals surface area contributed by atoms with Crippen LogP contribution >= 0.6 is 0 Å². The monoisotopic (exact) mass is 392 g/mol. The van der Waals surface area contributed by atoms with Crippen molar-refractivity contribution in [3.63, 3.8) is 0 Å². The van der Waals surface area contributed by atoms with E-state index in [4.69, 9.17) is 23.9 Å². The molecule has 0 saturated carbocycles. The Balaban J connectivity index is 2.12. The number of amides is 1. The van der Waals surface area contributed by atoms with Gasteiger partial charge in [-0.1, -0.05) is 0 Å². The number of aliphatic imine (C=N–C) groups is 1. The molecule has 0 radical (unpaired) electrons. The lowest BCUT2D eigenvalue weighted by Crippen LogP contribution is -2.46. The third-order valence-electron chi connectivity index (χ3n) is 4.75. The minimum Gasteiger partial charge on any atom is -0.496 e. The van der Waals surface area contributed by atoms with Crippen LogP contribution in [0.1, 0.15) is 46.1 Å². The molecule has 0 bridgehead atoms. The Morgan fingerprint density at radius 3 is 2.04 bits per heavy atom. The Labute approximate surface area is 167 Å². The molecule has 1 saturated heterocycles. The van der Waals surface area contributed by atoms with E-state index in [0.29, 0.717) is 30.3 Å². The molecule has 0 spiro atoms. The highest BCUT2D eigenvalue weighted by molar-refractivity contribution is 5.88. The summed E-state index contributed by atoms with van der Waals surface area (Å²) in [5.41, 5.74) is 0.00735. The van der Waals surface area contributed by atoms with E-state index in [-0.39, 0.29) is 11.6 Å². The van der Waals surface area contributed by atoms with E-state index in [1.165, 1.54) is 0 Å². The summed E-state index contributed by atoms with van der Waals surface area (Å²) in [5, 5.41) is 0. The maximum absolute atomic E-state index is 12.3. The normalized spacial score (nSPS) is 16.8. The third kappa shape index (κ3) is 5.53. The van der Waals surface area contributed by atoms with Gasteiger partial charge in [0.05, 0.1) is 32.4 Å². The van der Waals surface area contributed by atoms with Gasteiger partial charge in [-0.25, -0.2) is 4.79 Å². The SMILES string of the molecule is COc1cc(OC)c(C=NC2(C)CCN(C(=O)OC(C)(C)C)CC2)c(OC)c1. The van der Waals surface area contributed by atoms with Crippen molar-refractivity contribution in [2.45, 2.75) is 51.7 Å². The summed E-state index contributed by atoms with van der Waals surface area (Å²) in [4.78, 5) is 18.8. The Morgan fingerprint density at radius 1 is 1.07 bits per heavy atom. The first-order chi connectivity index (χ1) is 13.1. The molecule has 0 N–H and O–H groups in total. The molecule has 1 aliphatic heterocycles. The van der Waals surface area contributed by atoms with E-state index in [2.05, 4.69) is 6.92 Å². The summed E-state index contributed by atoms with van der Waals surface area (Å²) in [7, 11) is 4.81. The third-order valence-corrected chi connectivity index (χ3v) is 4.75. The van der Waals surface area contributed by atoms with Gasteiger partial charge in [-0.05, 0) is 40.5 Å². The zero-order chi connectivity index (χ0) is 20.9. The second-order valence-electron chi connectivity index (χ2n) is 8.17. The lowest BCUT2D eigenvalue weighted by Gasteiger charge is -2.37. The predicted molar refractivity (Wildman–Crippen MR) is 109 cm³/mol. The molecule has 1 fully saturated rings. The van der Waals surface area contributed by atoms with Crippen molar-refractivity contribution in [2.24, 2.45) is 4.99 Å². The number of likely N-dealkylation sites (tertiary alicyclic amines) is 1. The summed E-state index contributed by atoms with van der Waals surface area (Å²) in [6, 6.07) is 3.61. The van der Waals surface area contributed by atoms with E-state index >= 15 is 0 Å². The highest BCUT2D eigenvalue weighted by Crippen LogP contribution is 2.34. The number of nitrogens with zero attached hydrogens (tertiary/aromatic N) is 2. The molecule has 1 aromatic rings. The van der Waals surface area contributed by atoms with Crippen LogP contribution in [0.15, 0.2) is 17.1 Å². The fourth-order valence-electron chi connectivity index (χ4n) is 3.01. The minimum atomic E-state index is -0.489. The van der Waals surface area contributed by atoms with Gasteiger partial charge in [-0.3, -0.25) is 4.99 Å². The fraction of sp³-hybridized carbons (Fsp3) is 0.619. The molecule has 0 aliphatic carbocycles. The fourth-order valence-corrected chi connectivity index (χ4v) is 3.01. The van der Waals surface area contributed by atoms with Crippen LogP contribution in [-0.2, 0) is 4.74 Å². The lowest BCUT2D eigenvalue weighted by atomic mass is 9.90. The number of methoxy groups -OCH3 is 3. The van der Waals surface area contributed by atoms with Crippen molar-refractivity contribution in [1.29, 1.82) is 0 Å². The molecular formula is C21H32N2O5. The second kappa shape index (κ2) is 8.71. The van der Waals surface area contributed by atoms with E-state index in [0.717, 1.165) is 18.4 Å². The number of carbonyl (C=O) groups excluding carboxylic acids is 1. The number of hydrogen-bond acceptors (Lipinski definition) is 6. The van der Waals surface area contributed by atoms with Gasteiger partial charge in [0, 0.05) is 31.4 Å². The lowest BCUT2D eigenvalue weighted by molar-refractivity contribution is 0.0178. The number of benzene rings is 1. The number of rotatable bonds is 5. The molecule has 156 valence electrons. The van der Waals surface area contributed by atoms with Gasteiger partial charge in [-0.2, -0.15) is 0 Å². The van der Waals surface area contributed by atoms with E-state index in [1.54, 1.807) is 44.6 Å². The molecule has 0 atom stereocenters. The van der Waals surface area contributed by atoms with Crippen LogP contribution < -0.4 is 14.2 Å². The maximum Gasteiger partial charge on any atom is 0.410 e. The average molecular weight is 392 g/mol. The topological polar surface area (TPSA) is 69.6 Å². The van der Waals surface area contributed by atoms with E-state index in [9.17, 15) is 4.79 Å². The first kappa shape index (κ1) is 21.9. The van der Waals surface area contributed by atoms with E-state index in [1.807, 2.05) is 20.8 Å². The highest BCUT2D eigenvalue weighted by atomic mass is 16.6. The molecule has 0 unspecified atom stereocenters. The average Bonchev–Trinajstić information content (AvgIpc) is 2.64. The molecule has 1 amide bonds. The summed E-state index contributed by atoms with van der Waals surface area (Å²) in [6.45, 7) is 8.94. The highest BCUT2D eigenvalue weighted by Gasteiger charge is 2.33. The number of hydrogen-bond donors (Lipinski definition) is 0. The predicted octanol–water partition coefficient (Wildman–Crippen LogP) is 3.92. The van der Waals surface area contributed by atoms with Crippen LogP contribution in [0.4, 0.5) is 4.79 Å². The standard InChI is InChI=1S/C21H32N2O5/c1-20(2,3)28-19(24)23-10-8-21(4,9-11-23)22-14-16-17(26-6)12-15(25-5)13-18(16)27-7/h12-14H,8-11H2,1-7H3. The Hall–Kier alpha value is -2.44. The molecule has 7 nitrogen and oxygen atoms in total. The second-order valence-corrected chi connectivity index (χ2v) is 8.17. The smallest absolute Gasteiger partial charge is 0.410 e. The zero-order valence-electron chi connectivity index (χ0n) is 18.0. The minimum absolute atomic E-state index is 0.267. The van der Waals surface area contributed by atoms with Gasteiger partial charge in [0.1, 0.15) is 22.8 Å². The molecule has 1 aliphatic rings. The van der Waals surface area contributed by atoms with Gasteiger partial charge >= 0.3 is 6.09 Å². The molecule has 2 rings (SSSR count). The number of ether oxygens (including phenoxy) is 4. The first-order valence-corrected chi connectivity index (χ1v) is 9.44. The van der Waals surface area contributed by atoms with Crippen LogP contribution in [-0.4, -0.2) is 62.8 Å². The van der Waals surface area contributed by atoms with Crippen molar-refractivity contribution in [1.82, 2.24) is 4.90 Å². The largest absolute Gasteiger partial charge is 0.496 e. The van der Waals surface area contributed by atoms with Gasteiger partial charge in [-0.15, -0.1) is 0 Å². The first-order valence-electron chi connectivity index (χ1n) is 9.44.